The first-order chi connectivity index (χ1) is 6.06. The highest BCUT2D eigenvalue weighted by Gasteiger charge is 2.12. The molecule has 0 atom stereocenters. The second-order valence-corrected chi connectivity index (χ2v) is 4.92. The molecule has 0 spiro atoms. The van der Waals surface area contributed by atoms with Crippen molar-refractivity contribution in [2.45, 2.75) is 11.8 Å². The number of aryl methyl sites for hydroxylation is 1. The first-order valence-corrected chi connectivity index (χ1v) is 5.62. The Labute approximate surface area is 78.5 Å². The molecule has 0 saturated heterocycles. The molecule has 1 radical (unpaired) electrons. The van der Waals surface area contributed by atoms with Gasteiger partial charge in [-0.3, -0.25) is 0 Å². The molecular weight excluding hydrogens is 186 g/mol. The Balaban J connectivity index is 3.08. The van der Waals surface area contributed by atoms with Crippen LogP contribution in [-0.2, 0) is 9.84 Å². The van der Waals surface area contributed by atoms with Crippen LogP contribution in [0.5, 0.6) is 0 Å². The predicted octanol–water partition coefficient (Wildman–Crippen LogP) is 0.528. The lowest BCUT2D eigenvalue weighted by molar-refractivity contribution is 0.596. The van der Waals surface area contributed by atoms with Crippen LogP contribution in [0.2, 0.25) is 0 Å². The zero-order valence-corrected chi connectivity index (χ0v) is 8.26. The molecule has 0 aliphatic rings. The van der Waals surface area contributed by atoms with Gasteiger partial charge in [-0.15, -0.1) is 0 Å². The monoisotopic (exact) mass is 198 g/mol. The summed E-state index contributed by atoms with van der Waals surface area (Å²) in [6.45, 7) is 1.96. The third-order valence-corrected chi connectivity index (χ3v) is 3.41. The highest BCUT2D eigenvalue weighted by Crippen LogP contribution is 2.11. The molecule has 0 saturated carbocycles. The third-order valence-electron chi connectivity index (χ3n) is 1.66. The summed E-state index contributed by atoms with van der Waals surface area (Å²) >= 11 is 0. The van der Waals surface area contributed by atoms with Gasteiger partial charge in [0.15, 0.2) is 9.84 Å². The Morgan fingerprint density at radius 3 is 2.77 bits per heavy atom. The molecule has 1 aromatic carbocycles. The van der Waals surface area contributed by atoms with Crippen LogP contribution in [0.15, 0.2) is 23.1 Å². The van der Waals surface area contributed by atoms with E-state index in [1.165, 1.54) is 6.07 Å². The molecule has 71 valence electrons. The van der Waals surface area contributed by atoms with E-state index in [0.717, 1.165) is 5.56 Å². The summed E-state index contributed by atoms with van der Waals surface area (Å²) < 4.78 is 23.0. The molecular formula is C9H12NO2S. The fourth-order valence-corrected chi connectivity index (χ4v) is 2.20. The highest BCUT2D eigenvalue weighted by molar-refractivity contribution is 7.91. The second-order valence-electron chi connectivity index (χ2n) is 2.81. The van der Waals surface area contributed by atoms with Crippen LogP contribution in [-0.4, -0.2) is 20.7 Å². The Bertz CT molecular complexity index is 384. The molecule has 1 rings (SSSR count). The van der Waals surface area contributed by atoms with Crippen molar-refractivity contribution >= 4 is 9.84 Å². The van der Waals surface area contributed by atoms with Gasteiger partial charge in [-0.25, -0.2) is 8.42 Å². The zero-order chi connectivity index (χ0) is 9.90. The molecule has 0 heterocycles. The van der Waals surface area contributed by atoms with Crippen molar-refractivity contribution in [2.75, 3.05) is 12.3 Å². The normalized spacial score (nSPS) is 11.5. The van der Waals surface area contributed by atoms with Crippen molar-refractivity contribution in [1.82, 2.24) is 0 Å². The summed E-state index contributed by atoms with van der Waals surface area (Å²) in [6.07, 6.45) is 0. The second kappa shape index (κ2) is 3.89. The predicted molar refractivity (Wildman–Crippen MR) is 51.1 cm³/mol. The van der Waals surface area contributed by atoms with Gasteiger partial charge in [0.1, 0.15) is 0 Å². The molecule has 0 amide bonds. The van der Waals surface area contributed by atoms with Crippen molar-refractivity contribution in [3.8, 4) is 0 Å². The van der Waals surface area contributed by atoms with Gasteiger partial charge in [0.05, 0.1) is 10.6 Å². The molecule has 0 unspecified atom stereocenters. The first-order valence-electron chi connectivity index (χ1n) is 3.97. The van der Waals surface area contributed by atoms with Crippen molar-refractivity contribution < 1.29 is 8.42 Å². The van der Waals surface area contributed by atoms with E-state index < -0.39 is 9.84 Å². The maximum Gasteiger partial charge on any atom is 0.179 e. The summed E-state index contributed by atoms with van der Waals surface area (Å²) in [5, 5.41) is 0. The average Bonchev–Trinajstić information content (AvgIpc) is 2.04. The van der Waals surface area contributed by atoms with Gasteiger partial charge in [0.2, 0.25) is 0 Å². The number of benzene rings is 1. The molecule has 0 aromatic heterocycles. The topological polar surface area (TPSA) is 60.2 Å². The summed E-state index contributed by atoms with van der Waals surface area (Å²) in [5.74, 6) is -0.00352. The van der Waals surface area contributed by atoms with Gasteiger partial charge in [-0.05, 0) is 30.7 Å². The summed E-state index contributed by atoms with van der Waals surface area (Å²) in [4.78, 5) is 0.328. The van der Waals surface area contributed by atoms with E-state index in [2.05, 4.69) is 6.07 Å². The Kier molecular flexibility index (Phi) is 3.06. The van der Waals surface area contributed by atoms with Gasteiger partial charge in [-0.2, -0.15) is 0 Å². The van der Waals surface area contributed by atoms with E-state index >= 15 is 0 Å². The smallest absolute Gasteiger partial charge is 0.179 e. The van der Waals surface area contributed by atoms with Gasteiger partial charge in [0.25, 0.3) is 0 Å². The lowest BCUT2D eigenvalue weighted by atomic mass is 10.2. The quantitative estimate of drug-likeness (QED) is 0.770. The number of rotatable bonds is 3. The van der Waals surface area contributed by atoms with Gasteiger partial charge < -0.3 is 5.73 Å². The lowest BCUT2D eigenvalue weighted by Gasteiger charge is -2.02. The van der Waals surface area contributed by atoms with Gasteiger partial charge >= 0.3 is 0 Å². The Morgan fingerprint density at radius 2 is 2.23 bits per heavy atom. The van der Waals surface area contributed by atoms with Crippen LogP contribution in [0.1, 0.15) is 5.56 Å². The van der Waals surface area contributed by atoms with E-state index in [-0.39, 0.29) is 12.3 Å². The van der Waals surface area contributed by atoms with E-state index in [1.807, 2.05) is 6.92 Å². The standard InChI is InChI=1S/C9H12NO2S/c1-8-3-2-4-9(7-8)13(11,12)6-5-10/h2,4,7H,5-6,10H2,1H3. The molecule has 0 fully saturated rings. The minimum absolute atomic E-state index is 0.00352. The van der Waals surface area contributed by atoms with Gasteiger partial charge in [-0.1, -0.05) is 6.07 Å². The minimum atomic E-state index is -3.18. The number of hydrogen-bond donors (Lipinski definition) is 1. The van der Waals surface area contributed by atoms with Crippen molar-refractivity contribution in [3.63, 3.8) is 0 Å². The molecule has 2 N–H and O–H groups in total. The summed E-state index contributed by atoms with van der Waals surface area (Å²) in [6, 6.07) is 7.64. The fraction of sp³-hybridized carbons (Fsp3) is 0.333. The summed E-state index contributed by atoms with van der Waals surface area (Å²) in [7, 11) is -3.18. The Morgan fingerprint density at radius 1 is 1.54 bits per heavy atom. The number of hydrogen-bond acceptors (Lipinski definition) is 3. The summed E-state index contributed by atoms with van der Waals surface area (Å²) in [5.41, 5.74) is 6.02. The maximum absolute atomic E-state index is 11.5. The van der Waals surface area contributed by atoms with E-state index in [1.54, 1.807) is 12.1 Å². The zero-order valence-electron chi connectivity index (χ0n) is 7.45. The number of sulfone groups is 1. The van der Waals surface area contributed by atoms with Crippen molar-refractivity contribution in [3.05, 3.63) is 29.8 Å². The molecule has 0 bridgehead atoms. The minimum Gasteiger partial charge on any atom is -0.329 e. The van der Waals surface area contributed by atoms with Crippen LogP contribution in [0.4, 0.5) is 0 Å². The maximum atomic E-state index is 11.5. The molecule has 3 nitrogen and oxygen atoms in total. The Hall–Kier alpha value is -0.870. The fourth-order valence-electron chi connectivity index (χ4n) is 1.02. The van der Waals surface area contributed by atoms with E-state index in [4.69, 9.17) is 5.73 Å². The van der Waals surface area contributed by atoms with Gasteiger partial charge in [0, 0.05) is 6.54 Å². The number of nitrogens with two attached hydrogens (primary N) is 1. The SMILES string of the molecule is Cc1[c]ccc(S(=O)(=O)CCN)c1. The molecule has 13 heavy (non-hydrogen) atoms. The van der Waals surface area contributed by atoms with Crippen LogP contribution >= 0.6 is 0 Å². The molecule has 1 aromatic rings. The van der Waals surface area contributed by atoms with Crippen LogP contribution in [0.3, 0.4) is 0 Å². The lowest BCUT2D eigenvalue weighted by Crippen LogP contribution is -2.15. The van der Waals surface area contributed by atoms with Crippen LogP contribution in [0, 0.1) is 13.0 Å². The largest absolute Gasteiger partial charge is 0.329 e. The molecule has 0 aliphatic carbocycles. The highest BCUT2D eigenvalue weighted by atomic mass is 32.2. The molecule has 0 aliphatic heterocycles. The van der Waals surface area contributed by atoms with E-state index in [0.29, 0.717) is 4.90 Å². The van der Waals surface area contributed by atoms with E-state index in [9.17, 15) is 8.42 Å². The van der Waals surface area contributed by atoms with Crippen LogP contribution in [0.25, 0.3) is 0 Å². The third kappa shape index (κ3) is 2.54. The van der Waals surface area contributed by atoms with Crippen molar-refractivity contribution in [1.29, 1.82) is 0 Å². The first kappa shape index (κ1) is 10.2. The van der Waals surface area contributed by atoms with Crippen LogP contribution < -0.4 is 5.73 Å². The van der Waals surface area contributed by atoms with Crippen molar-refractivity contribution in [2.24, 2.45) is 5.73 Å². The molecule has 4 heteroatoms. The average molecular weight is 198 g/mol.